The van der Waals surface area contributed by atoms with Crippen molar-refractivity contribution in [3.8, 4) is 0 Å². The van der Waals surface area contributed by atoms with Gasteiger partial charge < -0.3 is 15.4 Å². The van der Waals surface area contributed by atoms with Gasteiger partial charge in [0.2, 0.25) is 0 Å². The summed E-state index contributed by atoms with van der Waals surface area (Å²) in [6.07, 6.45) is 0.940. The molecule has 0 aromatic heterocycles. The zero-order valence-electron chi connectivity index (χ0n) is 9.64. The Morgan fingerprint density at radius 1 is 1.36 bits per heavy atom. The number of nitrogens with one attached hydrogen (secondary N) is 2. The SMILES string of the molecule is CCNC(=O)NCC(C)(C)CCOC. The van der Waals surface area contributed by atoms with Gasteiger partial charge in [-0.3, -0.25) is 0 Å². The van der Waals surface area contributed by atoms with Crippen molar-refractivity contribution in [2.24, 2.45) is 5.41 Å². The molecule has 0 bridgehead atoms. The molecule has 0 atom stereocenters. The van der Waals surface area contributed by atoms with Crippen LogP contribution < -0.4 is 10.6 Å². The van der Waals surface area contributed by atoms with Gasteiger partial charge in [0.05, 0.1) is 0 Å². The third-order valence-electron chi connectivity index (χ3n) is 2.05. The molecule has 0 spiro atoms. The van der Waals surface area contributed by atoms with Crippen LogP contribution in [0.15, 0.2) is 0 Å². The molecule has 4 heteroatoms. The number of hydrogen-bond donors (Lipinski definition) is 2. The van der Waals surface area contributed by atoms with E-state index in [1.807, 2.05) is 6.92 Å². The zero-order valence-corrected chi connectivity index (χ0v) is 9.64. The summed E-state index contributed by atoms with van der Waals surface area (Å²) in [5.74, 6) is 0. The van der Waals surface area contributed by atoms with Crippen molar-refractivity contribution < 1.29 is 9.53 Å². The van der Waals surface area contributed by atoms with E-state index >= 15 is 0 Å². The Morgan fingerprint density at radius 3 is 2.50 bits per heavy atom. The molecule has 0 radical (unpaired) electrons. The fraction of sp³-hybridized carbons (Fsp3) is 0.900. The van der Waals surface area contributed by atoms with Crippen LogP contribution >= 0.6 is 0 Å². The predicted molar refractivity (Wildman–Crippen MR) is 57.3 cm³/mol. The molecule has 0 aromatic carbocycles. The highest BCUT2D eigenvalue weighted by Crippen LogP contribution is 2.18. The minimum atomic E-state index is -0.0991. The maximum atomic E-state index is 11.1. The third kappa shape index (κ3) is 6.71. The number of hydrogen-bond acceptors (Lipinski definition) is 2. The maximum absolute atomic E-state index is 11.1. The van der Waals surface area contributed by atoms with Gasteiger partial charge in [-0.2, -0.15) is 0 Å². The van der Waals surface area contributed by atoms with Gasteiger partial charge in [-0.05, 0) is 18.8 Å². The van der Waals surface area contributed by atoms with E-state index < -0.39 is 0 Å². The number of ether oxygens (including phenoxy) is 1. The lowest BCUT2D eigenvalue weighted by Crippen LogP contribution is -2.40. The van der Waals surface area contributed by atoms with Crippen LogP contribution in [0.2, 0.25) is 0 Å². The molecule has 0 aliphatic heterocycles. The van der Waals surface area contributed by atoms with Crippen molar-refractivity contribution in [3.05, 3.63) is 0 Å². The normalized spacial score (nSPS) is 11.1. The summed E-state index contributed by atoms with van der Waals surface area (Å²) in [6.45, 7) is 8.17. The van der Waals surface area contributed by atoms with Gasteiger partial charge in [-0.25, -0.2) is 4.79 Å². The summed E-state index contributed by atoms with van der Waals surface area (Å²) in [5.41, 5.74) is 0.0844. The van der Waals surface area contributed by atoms with Crippen LogP contribution in [0, 0.1) is 5.41 Å². The van der Waals surface area contributed by atoms with Crippen LogP contribution in [0.3, 0.4) is 0 Å². The Labute approximate surface area is 86.4 Å². The zero-order chi connectivity index (χ0) is 11.0. The lowest BCUT2D eigenvalue weighted by molar-refractivity contribution is 0.151. The monoisotopic (exact) mass is 202 g/mol. The van der Waals surface area contributed by atoms with Crippen molar-refractivity contribution in [2.45, 2.75) is 27.2 Å². The first-order valence-corrected chi connectivity index (χ1v) is 5.02. The Hall–Kier alpha value is -0.770. The maximum Gasteiger partial charge on any atom is 0.314 e. The Morgan fingerprint density at radius 2 is 2.00 bits per heavy atom. The van der Waals surface area contributed by atoms with E-state index in [-0.39, 0.29) is 11.4 Å². The van der Waals surface area contributed by atoms with E-state index in [0.717, 1.165) is 13.0 Å². The highest BCUT2D eigenvalue weighted by Gasteiger charge is 2.18. The Bertz CT molecular complexity index is 170. The van der Waals surface area contributed by atoms with Gasteiger partial charge >= 0.3 is 6.03 Å². The van der Waals surface area contributed by atoms with E-state index in [4.69, 9.17) is 4.74 Å². The van der Waals surface area contributed by atoms with Crippen LogP contribution in [-0.4, -0.2) is 32.8 Å². The molecule has 0 heterocycles. The van der Waals surface area contributed by atoms with Crippen LogP contribution in [0.4, 0.5) is 4.79 Å². The van der Waals surface area contributed by atoms with Gasteiger partial charge in [0, 0.05) is 26.8 Å². The molecule has 0 rings (SSSR count). The number of carbonyl (C=O) groups excluding carboxylic acids is 1. The van der Waals surface area contributed by atoms with Crippen LogP contribution in [0.1, 0.15) is 27.2 Å². The van der Waals surface area contributed by atoms with E-state index in [1.165, 1.54) is 0 Å². The van der Waals surface area contributed by atoms with Crippen LogP contribution in [0.25, 0.3) is 0 Å². The second kappa shape index (κ2) is 6.65. The van der Waals surface area contributed by atoms with Crippen LogP contribution in [0.5, 0.6) is 0 Å². The summed E-state index contributed by atoms with van der Waals surface area (Å²) in [5, 5.41) is 5.52. The second-order valence-corrected chi connectivity index (χ2v) is 4.12. The molecule has 4 nitrogen and oxygen atoms in total. The summed E-state index contributed by atoms with van der Waals surface area (Å²) >= 11 is 0. The fourth-order valence-corrected chi connectivity index (χ4v) is 1.01. The van der Waals surface area contributed by atoms with Crippen molar-refractivity contribution in [1.82, 2.24) is 10.6 Å². The average molecular weight is 202 g/mol. The summed E-state index contributed by atoms with van der Waals surface area (Å²) in [7, 11) is 1.69. The molecule has 0 aromatic rings. The van der Waals surface area contributed by atoms with E-state index in [2.05, 4.69) is 24.5 Å². The van der Waals surface area contributed by atoms with Gasteiger partial charge in [0.25, 0.3) is 0 Å². The summed E-state index contributed by atoms with van der Waals surface area (Å²) in [4.78, 5) is 11.1. The minimum Gasteiger partial charge on any atom is -0.385 e. The number of methoxy groups -OCH3 is 1. The van der Waals surface area contributed by atoms with E-state index in [9.17, 15) is 4.79 Å². The predicted octanol–water partition coefficient (Wildman–Crippen LogP) is 1.37. The molecule has 14 heavy (non-hydrogen) atoms. The smallest absolute Gasteiger partial charge is 0.314 e. The number of urea groups is 1. The second-order valence-electron chi connectivity index (χ2n) is 4.12. The Kier molecular flexibility index (Phi) is 6.28. The molecule has 0 aliphatic rings. The molecule has 0 fully saturated rings. The molecule has 2 amide bonds. The number of rotatable bonds is 6. The molecular weight excluding hydrogens is 180 g/mol. The standard InChI is InChI=1S/C10H22N2O2/c1-5-11-9(13)12-8-10(2,3)6-7-14-4/h5-8H2,1-4H3,(H2,11,12,13). The molecule has 0 saturated heterocycles. The summed E-state index contributed by atoms with van der Waals surface area (Å²) < 4.78 is 5.00. The molecule has 2 N–H and O–H groups in total. The van der Waals surface area contributed by atoms with E-state index in [0.29, 0.717) is 13.1 Å². The highest BCUT2D eigenvalue weighted by molar-refractivity contribution is 5.73. The van der Waals surface area contributed by atoms with Gasteiger partial charge in [0.15, 0.2) is 0 Å². The van der Waals surface area contributed by atoms with Crippen molar-refractivity contribution in [2.75, 3.05) is 26.8 Å². The van der Waals surface area contributed by atoms with Gasteiger partial charge in [0.1, 0.15) is 0 Å². The summed E-state index contributed by atoms with van der Waals surface area (Å²) in [6, 6.07) is -0.0991. The van der Waals surface area contributed by atoms with Crippen molar-refractivity contribution >= 4 is 6.03 Å². The first-order chi connectivity index (χ1) is 6.52. The lowest BCUT2D eigenvalue weighted by Gasteiger charge is -2.24. The van der Waals surface area contributed by atoms with Crippen LogP contribution in [-0.2, 0) is 4.74 Å². The Balaban J connectivity index is 3.68. The molecule has 0 unspecified atom stereocenters. The van der Waals surface area contributed by atoms with Crippen molar-refractivity contribution in [3.63, 3.8) is 0 Å². The number of amides is 2. The largest absolute Gasteiger partial charge is 0.385 e. The average Bonchev–Trinajstić information content (AvgIpc) is 2.13. The van der Waals surface area contributed by atoms with Gasteiger partial charge in [-0.1, -0.05) is 13.8 Å². The fourth-order valence-electron chi connectivity index (χ4n) is 1.01. The molecule has 84 valence electrons. The van der Waals surface area contributed by atoms with Gasteiger partial charge in [-0.15, -0.1) is 0 Å². The minimum absolute atomic E-state index is 0.0844. The van der Waals surface area contributed by atoms with E-state index in [1.54, 1.807) is 7.11 Å². The molecule has 0 saturated carbocycles. The van der Waals surface area contributed by atoms with Crippen molar-refractivity contribution in [1.29, 1.82) is 0 Å². The first-order valence-electron chi connectivity index (χ1n) is 5.02. The first kappa shape index (κ1) is 13.2. The number of carbonyl (C=O) groups is 1. The lowest BCUT2D eigenvalue weighted by atomic mass is 9.90. The highest BCUT2D eigenvalue weighted by atomic mass is 16.5. The quantitative estimate of drug-likeness (QED) is 0.683. The third-order valence-corrected chi connectivity index (χ3v) is 2.05. The molecular formula is C10H22N2O2. The molecule has 0 aliphatic carbocycles. The topological polar surface area (TPSA) is 50.4 Å².